The highest BCUT2D eigenvalue weighted by atomic mass is 35.5. The summed E-state index contributed by atoms with van der Waals surface area (Å²) < 4.78 is 2.35. The Morgan fingerprint density at radius 1 is 1.65 bits per heavy atom. The fraction of sp³-hybridized carbons (Fsp3) is 0.273. The smallest absolute Gasteiger partial charge is 0.244 e. The van der Waals surface area contributed by atoms with E-state index in [-0.39, 0.29) is 11.9 Å². The maximum absolute atomic E-state index is 11.8. The van der Waals surface area contributed by atoms with Crippen LogP contribution in [0.4, 0.5) is 0 Å². The van der Waals surface area contributed by atoms with Crippen molar-refractivity contribution in [1.29, 1.82) is 0 Å². The van der Waals surface area contributed by atoms with E-state index in [1.54, 1.807) is 23.1 Å². The van der Waals surface area contributed by atoms with Crippen LogP contribution in [-0.2, 0) is 11.3 Å². The van der Waals surface area contributed by atoms with Gasteiger partial charge in [0.05, 0.1) is 10.9 Å². The molecule has 0 aliphatic rings. The number of nitrogens with one attached hydrogen (secondary N) is 1. The lowest BCUT2D eigenvalue weighted by atomic mass is 10.3. The zero-order valence-corrected chi connectivity index (χ0v) is 10.8. The lowest BCUT2D eigenvalue weighted by Crippen LogP contribution is -2.30. The van der Waals surface area contributed by atoms with E-state index in [1.807, 2.05) is 19.1 Å². The number of hydrogen-bond acceptors (Lipinski definition) is 3. The molecular weight excluding hydrogens is 258 g/mol. The summed E-state index contributed by atoms with van der Waals surface area (Å²) in [7, 11) is 0. The van der Waals surface area contributed by atoms with Gasteiger partial charge in [0.2, 0.25) is 5.91 Å². The van der Waals surface area contributed by atoms with E-state index in [1.165, 1.54) is 11.3 Å². The van der Waals surface area contributed by atoms with Crippen LogP contribution in [-0.4, -0.2) is 15.7 Å². The highest BCUT2D eigenvalue weighted by molar-refractivity contribution is 7.16. The van der Waals surface area contributed by atoms with Crippen molar-refractivity contribution in [2.75, 3.05) is 0 Å². The number of hydrogen-bond donors (Lipinski definition) is 1. The summed E-state index contributed by atoms with van der Waals surface area (Å²) in [6.45, 7) is 2.31. The Morgan fingerprint density at radius 3 is 3.06 bits per heavy atom. The van der Waals surface area contributed by atoms with Crippen LogP contribution in [0.5, 0.6) is 0 Å². The van der Waals surface area contributed by atoms with Gasteiger partial charge in [-0.05, 0) is 25.1 Å². The van der Waals surface area contributed by atoms with Crippen LogP contribution in [0.15, 0.2) is 30.6 Å². The molecule has 4 nitrogen and oxygen atoms in total. The first-order valence-corrected chi connectivity index (χ1v) is 6.37. The summed E-state index contributed by atoms with van der Waals surface area (Å²) in [5, 5.41) is 6.89. The van der Waals surface area contributed by atoms with Gasteiger partial charge in [0.15, 0.2) is 0 Å². The van der Waals surface area contributed by atoms with Crippen molar-refractivity contribution in [3.8, 4) is 0 Å². The molecular formula is C11H12ClN3OS. The number of carbonyl (C=O) groups is 1. The van der Waals surface area contributed by atoms with Crippen molar-refractivity contribution in [3.05, 3.63) is 39.8 Å². The van der Waals surface area contributed by atoms with Crippen LogP contribution in [0.2, 0.25) is 4.34 Å². The highest BCUT2D eigenvalue weighted by Gasteiger charge is 2.14. The number of nitrogens with zero attached hydrogens (tertiary/aromatic N) is 2. The predicted molar refractivity (Wildman–Crippen MR) is 68.1 cm³/mol. The molecule has 0 radical (unpaired) electrons. The van der Waals surface area contributed by atoms with Gasteiger partial charge >= 0.3 is 0 Å². The lowest BCUT2D eigenvalue weighted by molar-refractivity contribution is -0.124. The van der Waals surface area contributed by atoms with Crippen LogP contribution in [0.1, 0.15) is 17.8 Å². The monoisotopic (exact) mass is 269 g/mol. The van der Waals surface area contributed by atoms with Gasteiger partial charge in [0, 0.05) is 17.3 Å². The van der Waals surface area contributed by atoms with Crippen molar-refractivity contribution >= 4 is 28.8 Å². The van der Waals surface area contributed by atoms with Gasteiger partial charge in [0.25, 0.3) is 0 Å². The molecule has 0 fully saturated rings. The number of rotatable bonds is 4. The molecule has 0 saturated carbocycles. The molecule has 0 spiro atoms. The quantitative estimate of drug-likeness (QED) is 0.927. The van der Waals surface area contributed by atoms with Crippen LogP contribution in [0, 0.1) is 0 Å². The Hall–Kier alpha value is -1.33. The molecule has 0 aromatic carbocycles. The molecule has 0 unspecified atom stereocenters. The van der Waals surface area contributed by atoms with Crippen molar-refractivity contribution < 1.29 is 4.79 Å². The molecule has 6 heteroatoms. The molecule has 0 aliphatic carbocycles. The third-order valence-corrected chi connectivity index (χ3v) is 3.60. The number of aromatic nitrogens is 2. The van der Waals surface area contributed by atoms with E-state index in [0.29, 0.717) is 6.54 Å². The summed E-state index contributed by atoms with van der Waals surface area (Å²) in [5.41, 5.74) is 0. The number of amides is 1. The molecule has 1 N–H and O–H groups in total. The summed E-state index contributed by atoms with van der Waals surface area (Å²) >= 11 is 7.28. The van der Waals surface area contributed by atoms with Gasteiger partial charge in [-0.1, -0.05) is 11.6 Å². The Labute approximate surface area is 108 Å². The van der Waals surface area contributed by atoms with E-state index in [2.05, 4.69) is 10.4 Å². The van der Waals surface area contributed by atoms with Crippen molar-refractivity contribution in [1.82, 2.24) is 15.1 Å². The molecule has 1 atom stereocenters. The molecule has 2 heterocycles. The minimum Gasteiger partial charge on any atom is -0.349 e. The molecule has 0 bridgehead atoms. The fourth-order valence-electron chi connectivity index (χ4n) is 1.40. The normalized spacial score (nSPS) is 12.4. The Morgan fingerprint density at radius 2 is 2.47 bits per heavy atom. The van der Waals surface area contributed by atoms with Gasteiger partial charge in [-0.15, -0.1) is 11.3 Å². The lowest BCUT2D eigenvalue weighted by Gasteiger charge is -2.11. The molecule has 2 aromatic heterocycles. The zero-order chi connectivity index (χ0) is 12.3. The Kier molecular flexibility index (Phi) is 3.81. The molecule has 1 amide bonds. The third kappa shape index (κ3) is 3.08. The summed E-state index contributed by atoms with van der Waals surface area (Å²) in [6.07, 6.45) is 3.43. The predicted octanol–water partition coefficient (Wildman–Crippen LogP) is 2.48. The average Bonchev–Trinajstić information content (AvgIpc) is 2.95. The Bertz CT molecular complexity index is 495. The molecule has 0 saturated heterocycles. The Balaban J connectivity index is 1.89. The fourth-order valence-corrected chi connectivity index (χ4v) is 2.43. The van der Waals surface area contributed by atoms with Crippen molar-refractivity contribution in [2.24, 2.45) is 0 Å². The second-order valence-electron chi connectivity index (χ2n) is 3.59. The first-order chi connectivity index (χ1) is 8.16. The standard InChI is InChI=1S/C11H12ClN3OS/c1-8(15-6-2-5-14-15)11(16)13-7-9-3-4-10(12)17-9/h2-6,8H,7H2,1H3,(H,13,16)/t8-/m1/s1. The SMILES string of the molecule is C[C@H](C(=O)NCc1ccc(Cl)s1)n1cccn1. The second-order valence-corrected chi connectivity index (χ2v) is 5.39. The second kappa shape index (κ2) is 5.33. The third-order valence-electron chi connectivity index (χ3n) is 2.37. The summed E-state index contributed by atoms with van der Waals surface area (Å²) in [6, 6.07) is 5.22. The van der Waals surface area contributed by atoms with E-state index >= 15 is 0 Å². The van der Waals surface area contributed by atoms with Crippen LogP contribution < -0.4 is 5.32 Å². The van der Waals surface area contributed by atoms with Gasteiger partial charge < -0.3 is 5.32 Å². The highest BCUT2D eigenvalue weighted by Crippen LogP contribution is 2.21. The van der Waals surface area contributed by atoms with Crippen LogP contribution in [0.25, 0.3) is 0 Å². The molecule has 17 heavy (non-hydrogen) atoms. The van der Waals surface area contributed by atoms with Crippen molar-refractivity contribution in [2.45, 2.75) is 19.5 Å². The van der Waals surface area contributed by atoms with Gasteiger partial charge in [-0.3, -0.25) is 9.48 Å². The molecule has 0 aliphatic heterocycles. The van der Waals surface area contributed by atoms with Crippen molar-refractivity contribution in [3.63, 3.8) is 0 Å². The maximum Gasteiger partial charge on any atom is 0.244 e. The van der Waals surface area contributed by atoms with Crippen LogP contribution >= 0.6 is 22.9 Å². The summed E-state index contributed by atoms with van der Waals surface area (Å²) in [4.78, 5) is 12.9. The van der Waals surface area contributed by atoms with Gasteiger partial charge in [-0.25, -0.2) is 0 Å². The molecule has 90 valence electrons. The first-order valence-electron chi connectivity index (χ1n) is 5.18. The minimum absolute atomic E-state index is 0.0572. The maximum atomic E-state index is 11.8. The molecule has 2 rings (SSSR count). The zero-order valence-electron chi connectivity index (χ0n) is 9.26. The van der Waals surface area contributed by atoms with E-state index in [4.69, 9.17) is 11.6 Å². The number of thiophene rings is 1. The topological polar surface area (TPSA) is 46.9 Å². The van der Waals surface area contributed by atoms with E-state index < -0.39 is 0 Å². The number of halogens is 1. The van der Waals surface area contributed by atoms with Gasteiger partial charge in [0.1, 0.15) is 6.04 Å². The number of carbonyl (C=O) groups excluding carboxylic acids is 1. The first kappa shape index (κ1) is 12.1. The molecule has 2 aromatic rings. The largest absolute Gasteiger partial charge is 0.349 e. The average molecular weight is 270 g/mol. The van der Waals surface area contributed by atoms with E-state index in [0.717, 1.165) is 9.21 Å². The summed E-state index contributed by atoms with van der Waals surface area (Å²) in [5.74, 6) is -0.0572. The van der Waals surface area contributed by atoms with E-state index in [9.17, 15) is 4.79 Å². The minimum atomic E-state index is -0.305. The van der Waals surface area contributed by atoms with Gasteiger partial charge in [-0.2, -0.15) is 5.10 Å². The van der Waals surface area contributed by atoms with Crippen LogP contribution in [0.3, 0.4) is 0 Å².